The van der Waals surface area contributed by atoms with Gasteiger partial charge in [0, 0.05) is 18.2 Å². The van der Waals surface area contributed by atoms with Crippen molar-refractivity contribution < 1.29 is 32.3 Å². The maximum atomic E-state index is 14.4. The van der Waals surface area contributed by atoms with Gasteiger partial charge in [-0.1, -0.05) is 43.5 Å². The topological polar surface area (TPSA) is 120 Å². The number of aryl methyl sites for hydroxylation is 1. The van der Waals surface area contributed by atoms with Crippen molar-refractivity contribution in [1.29, 1.82) is 0 Å². The van der Waals surface area contributed by atoms with Crippen LogP contribution in [0.2, 0.25) is 0 Å². The van der Waals surface area contributed by atoms with Crippen LogP contribution in [0.25, 0.3) is 0 Å². The van der Waals surface area contributed by atoms with Gasteiger partial charge in [0.15, 0.2) is 0 Å². The zero-order valence-electron chi connectivity index (χ0n) is 26.9. The molecule has 2 aliphatic carbocycles. The van der Waals surface area contributed by atoms with Crippen LogP contribution < -0.4 is 21.3 Å². The molecule has 12 heteroatoms. The van der Waals surface area contributed by atoms with Gasteiger partial charge >= 0.3 is 6.18 Å². The highest BCUT2D eigenvalue weighted by molar-refractivity contribution is 5.96. The zero-order valence-corrected chi connectivity index (χ0v) is 26.9. The summed E-state index contributed by atoms with van der Waals surface area (Å²) in [5, 5.41) is 11.9. The normalized spacial score (nSPS) is 22.9. The highest BCUT2D eigenvalue weighted by Crippen LogP contribution is 2.33. The Morgan fingerprint density at radius 1 is 0.894 bits per heavy atom. The highest BCUT2D eigenvalue weighted by Gasteiger charge is 2.45. The van der Waals surface area contributed by atoms with Gasteiger partial charge in [-0.05, 0) is 93.8 Å². The van der Waals surface area contributed by atoms with Crippen LogP contribution in [-0.4, -0.2) is 66.3 Å². The first-order chi connectivity index (χ1) is 22.5. The first kappa shape index (κ1) is 34.4. The van der Waals surface area contributed by atoms with Crippen molar-refractivity contribution >= 4 is 23.6 Å². The van der Waals surface area contributed by atoms with Crippen LogP contribution in [-0.2, 0) is 27.0 Å². The average Bonchev–Trinajstić information content (AvgIpc) is 3.50. The lowest BCUT2D eigenvalue weighted by molar-refractivity contribution is -0.143. The number of carbonyl (C=O) groups is 4. The van der Waals surface area contributed by atoms with Crippen molar-refractivity contribution in [1.82, 2.24) is 26.2 Å². The van der Waals surface area contributed by atoms with Crippen LogP contribution in [0.15, 0.2) is 48.5 Å². The molecule has 0 spiro atoms. The van der Waals surface area contributed by atoms with E-state index in [0.29, 0.717) is 0 Å². The number of rotatable bonds is 9. The van der Waals surface area contributed by atoms with Crippen molar-refractivity contribution in [3.63, 3.8) is 0 Å². The molecule has 9 nitrogen and oxygen atoms in total. The molecule has 0 aromatic heterocycles. The van der Waals surface area contributed by atoms with Gasteiger partial charge < -0.3 is 26.2 Å². The molecule has 5 unspecified atom stereocenters. The molecule has 4 N–H and O–H groups in total. The Morgan fingerprint density at radius 2 is 1.60 bits per heavy atom. The van der Waals surface area contributed by atoms with Gasteiger partial charge in [-0.15, -0.1) is 0 Å². The number of carbonyl (C=O) groups excluding carboxylic acids is 4. The summed E-state index contributed by atoms with van der Waals surface area (Å²) in [6.07, 6.45) is 2.61. The predicted octanol–water partition coefficient (Wildman–Crippen LogP) is 4.27. The molecule has 47 heavy (non-hydrogen) atoms. The smallest absolute Gasteiger partial charge is 0.347 e. The van der Waals surface area contributed by atoms with Crippen LogP contribution in [0, 0.1) is 5.92 Å². The third-order valence-corrected chi connectivity index (χ3v) is 9.89. The minimum atomic E-state index is -4.53. The number of amides is 4. The highest BCUT2D eigenvalue weighted by atomic mass is 19.4. The van der Waals surface area contributed by atoms with E-state index in [0.717, 1.165) is 81.2 Å². The Kier molecular flexibility index (Phi) is 10.9. The van der Waals surface area contributed by atoms with Crippen molar-refractivity contribution in [2.75, 3.05) is 13.6 Å². The van der Waals surface area contributed by atoms with Gasteiger partial charge in [-0.3, -0.25) is 19.2 Å². The molecule has 1 saturated heterocycles. The Bertz CT molecular complexity index is 1440. The van der Waals surface area contributed by atoms with Gasteiger partial charge in [-0.2, -0.15) is 13.2 Å². The fraction of sp³-hybridized carbons (Fsp3) is 0.543. The van der Waals surface area contributed by atoms with E-state index in [-0.39, 0.29) is 48.2 Å². The number of likely N-dealkylation sites (N-methyl/N-ethyl adjacent to an activating group) is 1. The molecular weight excluding hydrogens is 611 g/mol. The van der Waals surface area contributed by atoms with E-state index < -0.39 is 41.8 Å². The van der Waals surface area contributed by atoms with Crippen LogP contribution in [0.3, 0.4) is 0 Å². The number of hydrogen-bond donors (Lipinski definition) is 4. The summed E-state index contributed by atoms with van der Waals surface area (Å²) in [5.41, 5.74) is 1.39. The maximum Gasteiger partial charge on any atom is 0.416 e. The van der Waals surface area contributed by atoms with Crippen LogP contribution in [0.4, 0.5) is 13.2 Å². The summed E-state index contributed by atoms with van der Waals surface area (Å²) in [7, 11) is 1.66. The van der Waals surface area contributed by atoms with Crippen LogP contribution in [0.5, 0.6) is 0 Å². The van der Waals surface area contributed by atoms with Crippen LogP contribution in [0.1, 0.15) is 91.4 Å². The van der Waals surface area contributed by atoms with E-state index in [9.17, 15) is 32.3 Å². The molecule has 2 aromatic carbocycles. The lowest BCUT2D eigenvalue weighted by Gasteiger charge is -2.35. The van der Waals surface area contributed by atoms with Gasteiger partial charge in [0.2, 0.25) is 17.7 Å². The molecule has 0 bridgehead atoms. The summed E-state index contributed by atoms with van der Waals surface area (Å²) >= 11 is 0. The van der Waals surface area contributed by atoms with Crippen LogP contribution >= 0.6 is 0 Å². The van der Waals surface area contributed by atoms with Crippen molar-refractivity contribution in [2.24, 2.45) is 5.92 Å². The second-order valence-electron chi connectivity index (χ2n) is 13.0. The number of nitrogens with one attached hydrogen (secondary N) is 4. The monoisotopic (exact) mass is 655 g/mol. The van der Waals surface area contributed by atoms with Crippen molar-refractivity contribution in [3.8, 4) is 0 Å². The Morgan fingerprint density at radius 3 is 2.28 bits per heavy atom. The summed E-state index contributed by atoms with van der Waals surface area (Å²) in [6.45, 7) is 1.73. The van der Waals surface area contributed by atoms with E-state index in [1.807, 2.05) is 18.2 Å². The summed E-state index contributed by atoms with van der Waals surface area (Å²) in [5.74, 6) is -1.73. The van der Waals surface area contributed by atoms with Gasteiger partial charge in [-0.25, -0.2) is 0 Å². The number of nitrogens with zero attached hydrogens (tertiary/aromatic N) is 1. The molecule has 3 aliphatic rings. The first-order valence-electron chi connectivity index (χ1n) is 16.6. The fourth-order valence-corrected chi connectivity index (χ4v) is 7.12. The molecule has 1 saturated carbocycles. The first-order valence-corrected chi connectivity index (χ1v) is 16.6. The molecule has 2 aromatic rings. The second kappa shape index (κ2) is 14.9. The molecule has 4 amide bonds. The number of fused-ring (bicyclic) bond motifs is 1. The number of hydrogen-bond acceptors (Lipinski definition) is 5. The summed E-state index contributed by atoms with van der Waals surface area (Å²) in [6, 6.07) is 8.72. The minimum absolute atomic E-state index is 0.0191. The number of benzene rings is 2. The lowest BCUT2D eigenvalue weighted by Crippen LogP contribution is -2.58. The van der Waals surface area contributed by atoms with E-state index in [1.54, 1.807) is 14.0 Å². The quantitative estimate of drug-likeness (QED) is 0.322. The second-order valence-corrected chi connectivity index (χ2v) is 13.0. The fourth-order valence-electron chi connectivity index (χ4n) is 7.12. The molecule has 5 atom stereocenters. The number of likely N-dealkylation sites (tertiary alicyclic amines) is 1. The summed E-state index contributed by atoms with van der Waals surface area (Å²) in [4.78, 5) is 56.1. The van der Waals surface area contributed by atoms with Crippen molar-refractivity contribution in [3.05, 3.63) is 70.8 Å². The standard InChI is InChI=1S/C35H44F3N5O4/c1-21(39-2)31(44)42-30(23-10-4-3-5-11-23)34(47)43-20-26(40-32(45)24-15-17-25(18-16-24)35(36,37)38)19-29(43)33(46)41-28-14-8-12-22-9-6-7-13-27(22)28/h6-7,9,13,15-18,21,23,26,28-30,39H,3-5,8,10-12,14,19-20H2,1-2H3,(H,40,45)(H,41,46)(H,42,44). The lowest BCUT2D eigenvalue weighted by atomic mass is 9.83. The molecule has 5 rings (SSSR count). The largest absolute Gasteiger partial charge is 0.416 e. The molecule has 254 valence electrons. The van der Waals surface area contributed by atoms with E-state index in [2.05, 4.69) is 27.3 Å². The maximum absolute atomic E-state index is 14.4. The SMILES string of the molecule is CNC(C)C(=O)NC(C(=O)N1CC(NC(=O)c2ccc(C(F)(F)F)cc2)CC1C(=O)NC1CCCc2ccccc21)C1CCCCC1. The third-order valence-electron chi connectivity index (χ3n) is 9.89. The Labute approximate surface area is 273 Å². The molecule has 0 radical (unpaired) electrons. The number of halogens is 3. The Hall–Kier alpha value is -3.93. The Balaban J connectivity index is 1.39. The molecule has 2 fully saturated rings. The minimum Gasteiger partial charge on any atom is -0.347 e. The van der Waals surface area contributed by atoms with Gasteiger partial charge in [0.1, 0.15) is 12.1 Å². The third kappa shape index (κ3) is 8.14. The molecule has 1 heterocycles. The van der Waals surface area contributed by atoms with E-state index in [4.69, 9.17) is 0 Å². The van der Waals surface area contributed by atoms with E-state index >= 15 is 0 Å². The molecule has 1 aliphatic heterocycles. The predicted molar refractivity (Wildman–Crippen MR) is 170 cm³/mol. The zero-order chi connectivity index (χ0) is 33.7. The van der Waals surface area contributed by atoms with Gasteiger partial charge in [0.05, 0.1) is 17.6 Å². The van der Waals surface area contributed by atoms with Gasteiger partial charge in [0.25, 0.3) is 5.91 Å². The van der Waals surface area contributed by atoms with Crippen molar-refractivity contribution in [2.45, 2.75) is 101 Å². The van der Waals surface area contributed by atoms with E-state index in [1.165, 1.54) is 10.5 Å². The summed E-state index contributed by atoms with van der Waals surface area (Å²) < 4.78 is 39.2. The average molecular weight is 656 g/mol. The molecular formula is C35H44F3N5O4. The number of alkyl halides is 3.